The Morgan fingerprint density at radius 3 is 2.73 bits per heavy atom. The van der Waals surface area contributed by atoms with Crippen LogP contribution in [0.2, 0.25) is 0 Å². The van der Waals surface area contributed by atoms with Crippen molar-refractivity contribution in [3.8, 4) is 0 Å². The molecule has 15 heavy (non-hydrogen) atoms. The molecule has 0 saturated heterocycles. The monoisotopic (exact) mass is 206 g/mol. The van der Waals surface area contributed by atoms with E-state index in [1.807, 2.05) is 0 Å². The van der Waals surface area contributed by atoms with Crippen molar-refractivity contribution in [2.24, 2.45) is 11.8 Å². The van der Waals surface area contributed by atoms with Crippen LogP contribution in [0.3, 0.4) is 0 Å². The summed E-state index contributed by atoms with van der Waals surface area (Å²) in [5.74, 6) is 1.56. The maximum absolute atomic E-state index is 11.5. The minimum atomic E-state index is 0.420. The molecule has 0 amide bonds. The van der Waals surface area contributed by atoms with E-state index in [-0.39, 0.29) is 0 Å². The van der Waals surface area contributed by atoms with Crippen LogP contribution in [0.1, 0.15) is 46.0 Å². The van der Waals surface area contributed by atoms with Crippen LogP contribution in [-0.4, -0.2) is 5.78 Å². The molecule has 0 N–H and O–H groups in total. The van der Waals surface area contributed by atoms with Gasteiger partial charge in [-0.1, -0.05) is 38.2 Å². The van der Waals surface area contributed by atoms with Gasteiger partial charge in [0.1, 0.15) is 5.78 Å². The highest BCUT2D eigenvalue weighted by molar-refractivity contribution is 5.78. The number of rotatable bonds is 1. The van der Waals surface area contributed by atoms with Gasteiger partial charge in [-0.2, -0.15) is 0 Å². The third-order valence-electron chi connectivity index (χ3n) is 3.15. The van der Waals surface area contributed by atoms with Crippen molar-refractivity contribution in [2.75, 3.05) is 0 Å². The lowest BCUT2D eigenvalue weighted by atomic mass is 9.88. The van der Waals surface area contributed by atoms with Gasteiger partial charge in [0.2, 0.25) is 0 Å². The molecule has 0 fully saturated rings. The van der Waals surface area contributed by atoms with Crippen LogP contribution in [0.25, 0.3) is 0 Å². The smallest absolute Gasteiger partial charge is 0.132 e. The predicted octanol–water partition coefficient (Wildman–Crippen LogP) is 3.90. The molecule has 0 aliphatic heterocycles. The van der Waals surface area contributed by atoms with Gasteiger partial charge in [-0.25, -0.2) is 0 Å². The summed E-state index contributed by atoms with van der Waals surface area (Å²) in [4.78, 5) is 11.5. The molecule has 1 heteroatoms. The van der Waals surface area contributed by atoms with Crippen molar-refractivity contribution in [1.29, 1.82) is 0 Å². The van der Waals surface area contributed by atoms with Crippen LogP contribution in [0, 0.1) is 11.8 Å². The minimum absolute atomic E-state index is 0.420. The van der Waals surface area contributed by atoms with Crippen molar-refractivity contribution < 1.29 is 4.79 Å². The Morgan fingerprint density at radius 2 is 2.07 bits per heavy atom. The summed E-state index contributed by atoms with van der Waals surface area (Å²) in [5.41, 5.74) is 1.16. The summed E-state index contributed by atoms with van der Waals surface area (Å²) in [7, 11) is 0. The molecule has 0 unspecified atom stereocenters. The van der Waals surface area contributed by atoms with Crippen LogP contribution in [0.5, 0.6) is 0 Å². The highest BCUT2D eigenvalue weighted by atomic mass is 16.1. The number of allylic oxidation sites excluding steroid dienone is 3. The van der Waals surface area contributed by atoms with E-state index in [4.69, 9.17) is 0 Å². The second kappa shape index (κ2) is 5.89. The molecule has 0 heterocycles. The zero-order chi connectivity index (χ0) is 11.3. The Kier molecular flexibility index (Phi) is 4.80. The molecule has 84 valence electrons. The number of ketones is 1. The Hall–Kier alpha value is -0.850. The number of hydrogen-bond donors (Lipinski definition) is 0. The average Bonchev–Trinajstić information content (AvgIpc) is 2.16. The SMILES string of the molecule is C=C1/C=C/[C@H](C(C)C)CCC(=O)CCC1. The summed E-state index contributed by atoms with van der Waals surface area (Å²) < 4.78 is 0. The summed E-state index contributed by atoms with van der Waals surface area (Å²) >= 11 is 0. The fraction of sp³-hybridized carbons (Fsp3) is 0.643. The third-order valence-corrected chi connectivity index (χ3v) is 3.15. The first-order valence-corrected chi connectivity index (χ1v) is 5.97. The Morgan fingerprint density at radius 1 is 1.33 bits per heavy atom. The summed E-state index contributed by atoms with van der Waals surface area (Å²) in [6, 6.07) is 0. The van der Waals surface area contributed by atoms with Crippen molar-refractivity contribution in [3.63, 3.8) is 0 Å². The summed E-state index contributed by atoms with van der Waals surface area (Å²) in [6.45, 7) is 8.44. The molecule has 1 atom stereocenters. The Bertz CT molecular complexity index is 261. The van der Waals surface area contributed by atoms with Crippen LogP contribution >= 0.6 is 0 Å². The molecule has 0 bridgehead atoms. The van der Waals surface area contributed by atoms with Crippen molar-refractivity contribution >= 4 is 5.78 Å². The first-order valence-electron chi connectivity index (χ1n) is 5.97. The van der Waals surface area contributed by atoms with Gasteiger partial charge in [0.15, 0.2) is 0 Å². The fourth-order valence-electron chi connectivity index (χ4n) is 1.96. The molecule has 0 aromatic carbocycles. The van der Waals surface area contributed by atoms with E-state index in [1.165, 1.54) is 0 Å². The second-order valence-electron chi connectivity index (χ2n) is 4.86. The quantitative estimate of drug-likeness (QED) is 0.636. The molecular weight excluding hydrogens is 184 g/mol. The fourth-order valence-corrected chi connectivity index (χ4v) is 1.96. The van der Waals surface area contributed by atoms with Crippen molar-refractivity contribution in [3.05, 3.63) is 24.3 Å². The normalized spacial score (nSPS) is 26.7. The standard InChI is InChI=1S/C14H22O/c1-11(2)13-8-7-12(3)5-4-6-14(15)10-9-13/h7-8,11,13H,3-6,9-10H2,1-2H3/b8-7+/t13-/m0/s1. The predicted molar refractivity (Wildman–Crippen MR) is 64.7 cm³/mol. The number of carbonyl (C=O) groups is 1. The van der Waals surface area contributed by atoms with Crippen molar-refractivity contribution in [1.82, 2.24) is 0 Å². The zero-order valence-electron chi connectivity index (χ0n) is 9.96. The summed E-state index contributed by atoms with van der Waals surface area (Å²) in [5, 5.41) is 0. The lowest BCUT2D eigenvalue weighted by molar-refractivity contribution is -0.119. The molecule has 1 aliphatic rings. The van der Waals surface area contributed by atoms with Gasteiger partial charge >= 0.3 is 0 Å². The van der Waals surface area contributed by atoms with Gasteiger partial charge in [0, 0.05) is 12.8 Å². The van der Waals surface area contributed by atoms with E-state index in [0.717, 1.165) is 37.7 Å². The molecule has 0 aromatic rings. The molecule has 1 aliphatic carbocycles. The molecule has 0 radical (unpaired) electrons. The summed E-state index contributed by atoms with van der Waals surface area (Å²) in [6.07, 6.45) is 8.81. The van der Waals surface area contributed by atoms with Gasteiger partial charge in [0.05, 0.1) is 0 Å². The third kappa shape index (κ3) is 4.46. The van der Waals surface area contributed by atoms with Crippen LogP contribution < -0.4 is 0 Å². The molecule has 0 aromatic heterocycles. The van der Waals surface area contributed by atoms with Gasteiger partial charge < -0.3 is 0 Å². The van der Waals surface area contributed by atoms with E-state index in [0.29, 0.717) is 17.6 Å². The van der Waals surface area contributed by atoms with Gasteiger partial charge in [-0.05, 0) is 31.1 Å². The minimum Gasteiger partial charge on any atom is -0.300 e. The number of carbonyl (C=O) groups excluding carboxylic acids is 1. The molecular formula is C14H22O. The van der Waals surface area contributed by atoms with Crippen LogP contribution in [-0.2, 0) is 4.79 Å². The maximum Gasteiger partial charge on any atom is 0.132 e. The van der Waals surface area contributed by atoms with E-state index in [2.05, 4.69) is 32.6 Å². The van der Waals surface area contributed by atoms with Gasteiger partial charge in [-0.15, -0.1) is 0 Å². The van der Waals surface area contributed by atoms with E-state index < -0.39 is 0 Å². The Labute approximate surface area is 93.3 Å². The topological polar surface area (TPSA) is 17.1 Å². The van der Waals surface area contributed by atoms with Crippen LogP contribution in [0.4, 0.5) is 0 Å². The molecule has 1 nitrogen and oxygen atoms in total. The molecule has 1 rings (SSSR count). The second-order valence-corrected chi connectivity index (χ2v) is 4.86. The lowest BCUT2D eigenvalue weighted by Crippen LogP contribution is -2.10. The maximum atomic E-state index is 11.5. The largest absolute Gasteiger partial charge is 0.300 e. The molecule has 0 saturated carbocycles. The van der Waals surface area contributed by atoms with Gasteiger partial charge in [0.25, 0.3) is 0 Å². The zero-order valence-corrected chi connectivity index (χ0v) is 9.96. The van der Waals surface area contributed by atoms with E-state index >= 15 is 0 Å². The average molecular weight is 206 g/mol. The highest BCUT2D eigenvalue weighted by Crippen LogP contribution is 2.22. The number of hydrogen-bond acceptors (Lipinski definition) is 1. The first kappa shape index (κ1) is 12.2. The highest BCUT2D eigenvalue weighted by Gasteiger charge is 2.13. The van der Waals surface area contributed by atoms with E-state index in [9.17, 15) is 4.79 Å². The first-order chi connectivity index (χ1) is 7.09. The number of Topliss-reactive ketones (excluding diaryl/α,β-unsaturated/α-hetero) is 1. The Balaban J connectivity index is 2.67. The van der Waals surface area contributed by atoms with Crippen molar-refractivity contribution in [2.45, 2.75) is 46.0 Å². The van der Waals surface area contributed by atoms with E-state index in [1.54, 1.807) is 0 Å². The lowest BCUT2D eigenvalue weighted by Gasteiger charge is -2.17. The van der Waals surface area contributed by atoms with Crippen LogP contribution in [0.15, 0.2) is 24.3 Å². The molecule has 0 spiro atoms. The van der Waals surface area contributed by atoms with Gasteiger partial charge in [-0.3, -0.25) is 4.79 Å².